The Labute approximate surface area is 122 Å². The molecule has 1 aliphatic rings. The molecule has 1 amide bonds. The highest BCUT2D eigenvalue weighted by Gasteiger charge is 2.16. The van der Waals surface area contributed by atoms with Gasteiger partial charge in [-0.15, -0.1) is 0 Å². The SMILES string of the molecule is Cc1ccc(OCC(=O)NC2CCCCC2)c(Br)c1. The van der Waals surface area contributed by atoms with Crippen LogP contribution in [0.2, 0.25) is 0 Å². The van der Waals surface area contributed by atoms with Gasteiger partial charge in [0.15, 0.2) is 6.61 Å². The van der Waals surface area contributed by atoms with Crippen molar-refractivity contribution in [2.45, 2.75) is 45.1 Å². The number of hydrogen-bond donors (Lipinski definition) is 1. The number of aryl methyl sites for hydroxylation is 1. The first-order chi connectivity index (χ1) is 9.15. The molecule has 0 bridgehead atoms. The lowest BCUT2D eigenvalue weighted by Crippen LogP contribution is -2.38. The molecule has 104 valence electrons. The third-order valence-electron chi connectivity index (χ3n) is 3.42. The number of amides is 1. The molecule has 0 unspecified atom stereocenters. The van der Waals surface area contributed by atoms with E-state index in [-0.39, 0.29) is 12.5 Å². The molecule has 0 aromatic heterocycles. The zero-order valence-corrected chi connectivity index (χ0v) is 12.8. The predicted octanol–water partition coefficient (Wildman–Crippen LogP) is 3.59. The largest absolute Gasteiger partial charge is 0.483 e. The average molecular weight is 326 g/mol. The van der Waals surface area contributed by atoms with Crippen LogP contribution < -0.4 is 10.1 Å². The fourth-order valence-electron chi connectivity index (χ4n) is 2.38. The molecule has 2 rings (SSSR count). The van der Waals surface area contributed by atoms with Crippen LogP contribution in [0.25, 0.3) is 0 Å². The molecule has 1 N–H and O–H groups in total. The Balaban J connectivity index is 1.79. The Morgan fingerprint density at radius 3 is 2.79 bits per heavy atom. The van der Waals surface area contributed by atoms with Gasteiger partial charge in [0, 0.05) is 6.04 Å². The molecule has 0 atom stereocenters. The summed E-state index contributed by atoms with van der Waals surface area (Å²) in [4.78, 5) is 11.8. The van der Waals surface area contributed by atoms with Crippen molar-refractivity contribution in [3.63, 3.8) is 0 Å². The first-order valence-electron chi connectivity index (χ1n) is 6.83. The monoisotopic (exact) mass is 325 g/mol. The molecule has 1 fully saturated rings. The van der Waals surface area contributed by atoms with Gasteiger partial charge in [-0.1, -0.05) is 25.3 Å². The van der Waals surface area contributed by atoms with Gasteiger partial charge in [-0.2, -0.15) is 0 Å². The maximum Gasteiger partial charge on any atom is 0.258 e. The number of hydrogen-bond acceptors (Lipinski definition) is 2. The van der Waals surface area contributed by atoms with Gasteiger partial charge < -0.3 is 10.1 Å². The van der Waals surface area contributed by atoms with Gasteiger partial charge in [-0.3, -0.25) is 4.79 Å². The minimum atomic E-state index is -0.0284. The summed E-state index contributed by atoms with van der Waals surface area (Å²) in [6, 6.07) is 6.17. The minimum Gasteiger partial charge on any atom is -0.483 e. The maximum atomic E-state index is 11.8. The summed E-state index contributed by atoms with van der Waals surface area (Å²) in [6.45, 7) is 2.10. The van der Waals surface area contributed by atoms with E-state index in [1.807, 2.05) is 25.1 Å². The summed E-state index contributed by atoms with van der Waals surface area (Å²) >= 11 is 3.44. The zero-order chi connectivity index (χ0) is 13.7. The molecule has 0 radical (unpaired) electrons. The van der Waals surface area contributed by atoms with Crippen molar-refractivity contribution in [3.05, 3.63) is 28.2 Å². The summed E-state index contributed by atoms with van der Waals surface area (Å²) in [5.41, 5.74) is 1.16. The first-order valence-corrected chi connectivity index (χ1v) is 7.63. The zero-order valence-electron chi connectivity index (χ0n) is 11.2. The fraction of sp³-hybridized carbons (Fsp3) is 0.533. The topological polar surface area (TPSA) is 38.3 Å². The highest BCUT2D eigenvalue weighted by atomic mass is 79.9. The van der Waals surface area contributed by atoms with Crippen LogP contribution in [-0.4, -0.2) is 18.6 Å². The quantitative estimate of drug-likeness (QED) is 0.918. The third kappa shape index (κ3) is 4.53. The molecule has 3 nitrogen and oxygen atoms in total. The summed E-state index contributed by atoms with van der Waals surface area (Å²) < 4.78 is 6.42. The summed E-state index contributed by atoms with van der Waals surface area (Å²) in [5.74, 6) is 0.684. The van der Waals surface area contributed by atoms with Gasteiger partial charge >= 0.3 is 0 Å². The van der Waals surface area contributed by atoms with E-state index in [4.69, 9.17) is 4.74 Å². The van der Waals surface area contributed by atoms with Gasteiger partial charge in [0.2, 0.25) is 0 Å². The standard InChI is InChI=1S/C15H20BrNO2/c1-11-7-8-14(13(16)9-11)19-10-15(18)17-12-5-3-2-4-6-12/h7-9,12H,2-6,10H2,1H3,(H,17,18). The van der Waals surface area contributed by atoms with Crippen molar-refractivity contribution in [1.82, 2.24) is 5.32 Å². The third-order valence-corrected chi connectivity index (χ3v) is 4.04. The molecule has 0 spiro atoms. The lowest BCUT2D eigenvalue weighted by atomic mass is 9.95. The van der Waals surface area contributed by atoms with Crippen molar-refractivity contribution in [2.24, 2.45) is 0 Å². The number of ether oxygens (including phenoxy) is 1. The Morgan fingerprint density at radius 2 is 2.11 bits per heavy atom. The van der Waals surface area contributed by atoms with E-state index < -0.39 is 0 Å². The van der Waals surface area contributed by atoms with Crippen LogP contribution in [0.15, 0.2) is 22.7 Å². The molecule has 1 saturated carbocycles. The van der Waals surface area contributed by atoms with Crippen molar-refractivity contribution in [1.29, 1.82) is 0 Å². The summed E-state index contributed by atoms with van der Waals surface area (Å²) in [6.07, 6.45) is 5.92. The molecule has 4 heteroatoms. The van der Waals surface area contributed by atoms with E-state index in [0.29, 0.717) is 11.8 Å². The lowest BCUT2D eigenvalue weighted by Gasteiger charge is -2.22. The van der Waals surface area contributed by atoms with Crippen molar-refractivity contribution in [3.8, 4) is 5.75 Å². The Kier molecular flexibility index (Phi) is 5.25. The summed E-state index contributed by atoms with van der Waals surface area (Å²) in [7, 11) is 0. The molecular formula is C15H20BrNO2. The molecule has 1 aromatic rings. The number of carbonyl (C=O) groups is 1. The second-order valence-corrected chi connectivity index (χ2v) is 5.98. The van der Waals surface area contributed by atoms with Crippen molar-refractivity contribution in [2.75, 3.05) is 6.61 Å². The number of carbonyl (C=O) groups excluding carboxylic acids is 1. The normalized spacial score (nSPS) is 16.1. The van der Waals surface area contributed by atoms with Crippen LogP contribution in [0.1, 0.15) is 37.7 Å². The first kappa shape index (κ1) is 14.4. The number of rotatable bonds is 4. The van der Waals surface area contributed by atoms with Crippen molar-refractivity contribution >= 4 is 21.8 Å². The summed E-state index contributed by atoms with van der Waals surface area (Å²) in [5, 5.41) is 3.04. The lowest BCUT2D eigenvalue weighted by molar-refractivity contribution is -0.124. The van der Waals surface area contributed by atoms with E-state index in [1.165, 1.54) is 19.3 Å². The van der Waals surface area contributed by atoms with Crippen LogP contribution >= 0.6 is 15.9 Å². The number of nitrogens with one attached hydrogen (secondary N) is 1. The second kappa shape index (κ2) is 6.94. The molecule has 1 aliphatic carbocycles. The van der Waals surface area contributed by atoms with Gasteiger partial charge in [-0.25, -0.2) is 0 Å². The second-order valence-electron chi connectivity index (χ2n) is 5.12. The smallest absolute Gasteiger partial charge is 0.258 e. The molecule has 1 aromatic carbocycles. The van der Waals surface area contributed by atoms with Gasteiger partial charge in [0.1, 0.15) is 5.75 Å². The van der Waals surface area contributed by atoms with Crippen LogP contribution in [0.4, 0.5) is 0 Å². The van der Waals surface area contributed by atoms with Gasteiger partial charge in [0.25, 0.3) is 5.91 Å². The van der Waals surface area contributed by atoms with Crippen molar-refractivity contribution < 1.29 is 9.53 Å². The van der Waals surface area contributed by atoms with Crippen LogP contribution in [0.3, 0.4) is 0 Å². The van der Waals surface area contributed by atoms with Crippen LogP contribution in [0, 0.1) is 6.92 Å². The Bertz CT molecular complexity index is 442. The van der Waals surface area contributed by atoms with E-state index in [2.05, 4.69) is 21.2 Å². The van der Waals surface area contributed by atoms with Gasteiger partial charge in [0.05, 0.1) is 4.47 Å². The Morgan fingerprint density at radius 1 is 1.37 bits per heavy atom. The van der Waals surface area contributed by atoms with E-state index >= 15 is 0 Å². The highest BCUT2D eigenvalue weighted by Crippen LogP contribution is 2.25. The molecule has 19 heavy (non-hydrogen) atoms. The molecule has 0 heterocycles. The number of halogens is 1. The predicted molar refractivity (Wildman–Crippen MR) is 79.4 cm³/mol. The van der Waals surface area contributed by atoms with E-state index in [9.17, 15) is 4.79 Å². The van der Waals surface area contributed by atoms with Crippen LogP contribution in [0.5, 0.6) is 5.75 Å². The van der Waals surface area contributed by atoms with Crippen LogP contribution in [-0.2, 0) is 4.79 Å². The minimum absolute atomic E-state index is 0.0284. The van der Waals surface area contributed by atoms with Gasteiger partial charge in [-0.05, 0) is 53.4 Å². The number of benzene rings is 1. The Hall–Kier alpha value is -1.03. The van der Waals surface area contributed by atoms with E-state index in [1.54, 1.807) is 0 Å². The maximum absolute atomic E-state index is 11.8. The molecule has 0 saturated heterocycles. The molecule has 0 aliphatic heterocycles. The van der Waals surface area contributed by atoms with E-state index in [0.717, 1.165) is 22.9 Å². The fourth-order valence-corrected chi connectivity index (χ4v) is 2.99. The molecular weight excluding hydrogens is 306 g/mol. The average Bonchev–Trinajstić information content (AvgIpc) is 2.39. The highest BCUT2D eigenvalue weighted by molar-refractivity contribution is 9.10.